The number of thiocarbonyl (C=S) groups is 1. The fraction of sp³-hybridized carbons (Fsp3) is 0.0714. The van der Waals surface area contributed by atoms with Gasteiger partial charge in [-0.1, -0.05) is 18.2 Å². The van der Waals surface area contributed by atoms with E-state index in [2.05, 4.69) is 20.8 Å². The van der Waals surface area contributed by atoms with Crippen LogP contribution in [0.4, 0.5) is 5.69 Å². The number of nitrogens with zero attached hydrogens (tertiary/aromatic N) is 2. The Kier molecular flexibility index (Phi) is 5.02. The molecule has 0 radical (unpaired) electrons. The van der Waals surface area contributed by atoms with Gasteiger partial charge in [0, 0.05) is 18.0 Å². The Morgan fingerprint density at radius 3 is 2.90 bits per heavy atom. The molecule has 1 aromatic carbocycles. The van der Waals surface area contributed by atoms with E-state index in [1.807, 2.05) is 36.4 Å². The van der Waals surface area contributed by atoms with Crippen LogP contribution >= 0.6 is 12.2 Å². The monoisotopic (exact) mass is 286 g/mol. The van der Waals surface area contributed by atoms with E-state index in [0.717, 1.165) is 11.3 Å². The predicted octanol–water partition coefficient (Wildman–Crippen LogP) is 2.41. The van der Waals surface area contributed by atoms with Crippen molar-refractivity contribution < 1.29 is 4.74 Å². The van der Waals surface area contributed by atoms with Gasteiger partial charge in [0.05, 0.1) is 19.0 Å². The number of rotatable bonds is 4. The summed E-state index contributed by atoms with van der Waals surface area (Å²) >= 11 is 5.15. The van der Waals surface area contributed by atoms with Crippen molar-refractivity contribution in [1.82, 2.24) is 10.4 Å². The van der Waals surface area contributed by atoms with Crippen LogP contribution in [-0.4, -0.2) is 23.4 Å². The highest BCUT2D eigenvalue weighted by atomic mass is 32.1. The molecular formula is C14H14N4OS. The third-order valence-corrected chi connectivity index (χ3v) is 2.61. The fourth-order valence-corrected chi connectivity index (χ4v) is 1.68. The van der Waals surface area contributed by atoms with Gasteiger partial charge in [0.1, 0.15) is 5.75 Å². The minimum absolute atomic E-state index is 0.384. The number of pyridine rings is 1. The number of hydrogen-bond acceptors (Lipinski definition) is 4. The number of methoxy groups -OCH3 is 1. The predicted molar refractivity (Wildman–Crippen MR) is 84.2 cm³/mol. The summed E-state index contributed by atoms with van der Waals surface area (Å²) < 4.78 is 5.22. The Bertz CT molecular complexity index is 601. The summed E-state index contributed by atoms with van der Waals surface area (Å²) in [6.45, 7) is 0. The molecule has 2 aromatic rings. The lowest BCUT2D eigenvalue weighted by Gasteiger charge is -2.10. The third kappa shape index (κ3) is 4.03. The molecule has 6 heteroatoms. The Morgan fingerprint density at radius 2 is 2.15 bits per heavy atom. The van der Waals surface area contributed by atoms with Crippen LogP contribution in [0.15, 0.2) is 53.9 Å². The molecule has 0 aliphatic carbocycles. The largest absolute Gasteiger partial charge is 0.495 e. The average molecular weight is 286 g/mol. The molecule has 0 bridgehead atoms. The lowest BCUT2D eigenvalue weighted by atomic mass is 10.3. The van der Waals surface area contributed by atoms with Crippen molar-refractivity contribution in [2.45, 2.75) is 0 Å². The number of nitrogens with one attached hydrogen (secondary N) is 2. The van der Waals surface area contributed by atoms with Crippen LogP contribution in [0.3, 0.4) is 0 Å². The normalized spacial score (nSPS) is 10.2. The summed E-state index contributed by atoms with van der Waals surface area (Å²) in [6, 6.07) is 11.2. The van der Waals surface area contributed by atoms with Gasteiger partial charge in [-0.3, -0.25) is 10.4 Å². The summed E-state index contributed by atoms with van der Waals surface area (Å²) in [5, 5.41) is 7.43. The van der Waals surface area contributed by atoms with E-state index in [1.54, 1.807) is 25.7 Å². The summed E-state index contributed by atoms with van der Waals surface area (Å²) in [6.07, 6.45) is 5.06. The lowest BCUT2D eigenvalue weighted by molar-refractivity contribution is 0.417. The van der Waals surface area contributed by atoms with Crippen molar-refractivity contribution in [1.29, 1.82) is 0 Å². The highest BCUT2D eigenvalue weighted by Gasteiger charge is 2.02. The molecule has 0 saturated carbocycles. The van der Waals surface area contributed by atoms with Crippen molar-refractivity contribution in [3.63, 3.8) is 0 Å². The third-order valence-electron chi connectivity index (χ3n) is 2.42. The first-order valence-electron chi connectivity index (χ1n) is 5.92. The van der Waals surface area contributed by atoms with Crippen LogP contribution < -0.4 is 15.5 Å². The zero-order chi connectivity index (χ0) is 14.2. The first-order chi connectivity index (χ1) is 9.79. The molecule has 1 heterocycles. The molecule has 0 fully saturated rings. The van der Waals surface area contributed by atoms with Crippen LogP contribution in [0.1, 0.15) is 5.56 Å². The summed E-state index contributed by atoms with van der Waals surface area (Å²) in [5.41, 5.74) is 4.41. The van der Waals surface area contributed by atoms with Crippen LogP contribution in [-0.2, 0) is 0 Å². The second-order valence-electron chi connectivity index (χ2n) is 3.81. The van der Waals surface area contributed by atoms with Gasteiger partial charge in [0.2, 0.25) is 0 Å². The number of ether oxygens (including phenoxy) is 1. The number of anilines is 1. The van der Waals surface area contributed by atoms with Crippen LogP contribution in [0, 0.1) is 0 Å². The second-order valence-corrected chi connectivity index (χ2v) is 4.22. The summed E-state index contributed by atoms with van der Waals surface area (Å²) in [7, 11) is 1.61. The van der Waals surface area contributed by atoms with Crippen LogP contribution in [0.5, 0.6) is 5.75 Å². The van der Waals surface area contributed by atoms with Gasteiger partial charge in [-0.05, 0) is 30.4 Å². The molecule has 0 aliphatic heterocycles. The highest BCUT2D eigenvalue weighted by molar-refractivity contribution is 7.80. The van der Waals surface area contributed by atoms with E-state index in [-0.39, 0.29) is 0 Å². The van der Waals surface area contributed by atoms with Crippen molar-refractivity contribution in [3.05, 3.63) is 54.4 Å². The minimum Gasteiger partial charge on any atom is -0.495 e. The van der Waals surface area contributed by atoms with Gasteiger partial charge in [0.25, 0.3) is 0 Å². The second kappa shape index (κ2) is 7.20. The number of para-hydroxylation sites is 2. The maximum Gasteiger partial charge on any atom is 0.191 e. The molecule has 0 atom stereocenters. The first kappa shape index (κ1) is 14.0. The molecule has 2 rings (SSSR count). The van der Waals surface area contributed by atoms with Gasteiger partial charge in [0.15, 0.2) is 5.11 Å². The summed E-state index contributed by atoms with van der Waals surface area (Å²) in [5.74, 6) is 0.716. The molecular weight excluding hydrogens is 272 g/mol. The van der Waals surface area contributed by atoms with Crippen molar-refractivity contribution in [2.75, 3.05) is 12.4 Å². The Hall–Kier alpha value is -2.47. The quantitative estimate of drug-likeness (QED) is 0.513. The topological polar surface area (TPSA) is 58.5 Å². The zero-order valence-electron chi connectivity index (χ0n) is 10.9. The van der Waals surface area contributed by atoms with E-state index in [1.165, 1.54) is 0 Å². The van der Waals surface area contributed by atoms with Gasteiger partial charge >= 0.3 is 0 Å². The Balaban J connectivity index is 1.91. The van der Waals surface area contributed by atoms with E-state index >= 15 is 0 Å². The van der Waals surface area contributed by atoms with Crippen molar-refractivity contribution >= 4 is 29.2 Å². The molecule has 0 saturated heterocycles. The number of aromatic nitrogens is 1. The molecule has 102 valence electrons. The standard InChI is InChI=1S/C14H14N4OS/c1-19-13-7-3-2-6-12(13)17-14(20)18-16-10-11-5-4-8-15-9-11/h2-10H,1H3,(H2,17,18,20)/b16-10-. The molecule has 0 amide bonds. The molecule has 1 aromatic heterocycles. The van der Waals surface area contributed by atoms with Crippen LogP contribution in [0.2, 0.25) is 0 Å². The number of hydrazone groups is 1. The molecule has 20 heavy (non-hydrogen) atoms. The van der Waals surface area contributed by atoms with Gasteiger partial charge in [-0.2, -0.15) is 5.10 Å². The molecule has 5 nitrogen and oxygen atoms in total. The van der Waals surface area contributed by atoms with E-state index in [0.29, 0.717) is 10.9 Å². The van der Waals surface area contributed by atoms with E-state index in [4.69, 9.17) is 17.0 Å². The first-order valence-corrected chi connectivity index (χ1v) is 6.33. The van der Waals surface area contributed by atoms with Crippen molar-refractivity contribution in [3.8, 4) is 5.75 Å². The fourth-order valence-electron chi connectivity index (χ4n) is 1.52. The van der Waals surface area contributed by atoms with E-state index in [9.17, 15) is 0 Å². The Morgan fingerprint density at radius 1 is 1.30 bits per heavy atom. The van der Waals surface area contributed by atoms with Gasteiger partial charge in [-0.25, -0.2) is 0 Å². The maximum absolute atomic E-state index is 5.22. The minimum atomic E-state index is 0.384. The van der Waals surface area contributed by atoms with E-state index < -0.39 is 0 Å². The highest BCUT2D eigenvalue weighted by Crippen LogP contribution is 2.22. The maximum atomic E-state index is 5.22. The van der Waals surface area contributed by atoms with Crippen molar-refractivity contribution in [2.24, 2.45) is 5.10 Å². The average Bonchev–Trinajstić information content (AvgIpc) is 2.49. The lowest BCUT2D eigenvalue weighted by Crippen LogP contribution is -2.24. The number of benzene rings is 1. The van der Waals surface area contributed by atoms with Gasteiger partial charge in [-0.15, -0.1) is 0 Å². The summed E-state index contributed by atoms with van der Waals surface area (Å²) in [4.78, 5) is 3.99. The van der Waals surface area contributed by atoms with Crippen LogP contribution in [0.25, 0.3) is 0 Å². The molecule has 0 aliphatic rings. The smallest absolute Gasteiger partial charge is 0.191 e. The Labute approximate surface area is 122 Å². The molecule has 0 unspecified atom stereocenters. The number of hydrogen-bond donors (Lipinski definition) is 2. The molecule has 2 N–H and O–H groups in total. The molecule has 0 spiro atoms. The zero-order valence-corrected chi connectivity index (χ0v) is 11.7. The van der Waals surface area contributed by atoms with Gasteiger partial charge < -0.3 is 10.1 Å². The SMILES string of the molecule is COc1ccccc1NC(=S)N/N=C\c1cccnc1.